The van der Waals surface area contributed by atoms with Crippen LogP contribution in [0.5, 0.6) is 0 Å². The molecule has 3 aromatic carbocycles. The van der Waals surface area contributed by atoms with E-state index in [1.54, 1.807) is 4.90 Å². The van der Waals surface area contributed by atoms with Crippen LogP contribution in [0.3, 0.4) is 0 Å². The highest BCUT2D eigenvalue weighted by Gasteiger charge is 2.35. The molecule has 0 aliphatic carbocycles. The summed E-state index contributed by atoms with van der Waals surface area (Å²) in [7, 11) is -3.74. The molecule has 0 atom stereocenters. The van der Waals surface area contributed by atoms with Gasteiger partial charge in [-0.05, 0) is 73.7 Å². The predicted octanol–water partition coefficient (Wildman–Crippen LogP) is 5.69. The lowest BCUT2D eigenvalue weighted by molar-refractivity contribution is -0.123. The number of anilines is 1. The van der Waals surface area contributed by atoms with Crippen molar-refractivity contribution < 1.29 is 17.6 Å². The fraction of sp³-hybridized carbons (Fsp3) is 0.286. The number of nitrogens with zero attached hydrogens (tertiary/aromatic N) is 3. The van der Waals surface area contributed by atoms with Gasteiger partial charge in [-0.15, -0.1) is 0 Å². The van der Waals surface area contributed by atoms with E-state index in [-0.39, 0.29) is 29.8 Å². The van der Waals surface area contributed by atoms with Gasteiger partial charge in [-0.3, -0.25) is 9.69 Å². The van der Waals surface area contributed by atoms with Crippen molar-refractivity contribution in [1.29, 1.82) is 0 Å². The molecule has 0 unspecified atom stereocenters. The van der Waals surface area contributed by atoms with Gasteiger partial charge in [0.1, 0.15) is 5.82 Å². The van der Waals surface area contributed by atoms with Crippen molar-refractivity contribution in [3.8, 4) is 0 Å². The minimum Gasteiger partial charge on any atom is -0.283 e. The van der Waals surface area contributed by atoms with E-state index in [1.807, 2.05) is 43.3 Å². The molecule has 0 radical (unpaired) electrons. The molecule has 1 aromatic heterocycles. The van der Waals surface area contributed by atoms with Crippen LogP contribution in [0.15, 0.2) is 71.6 Å². The largest absolute Gasteiger partial charge is 0.283 e. The van der Waals surface area contributed by atoms with Crippen molar-refractivity contribution >= 4 is 42.6 Å². The molecular weight excluding hydrogens is 509 g/mol. The maximum Gasteiger partial charge on any atom is 0.243 e. The zero-order valence-electron chi connectivity index (χ0n) is 20.7. The third-order valence-electron chi connectivity index (χ3n) is 7.01. The van der Waals surface area contributed by atoms with Gasteiger partial charge in [0.25, 0.3) is 0 Å². The summed E-state index contributed by atoms with van der Waals surface area (Å²) < 4.78 is 41.8. The molecule has 0 bridgehead atoms. The van der Waals surface area contributed by atoms with Crippen molar-refractivity contribution in [3.63, 3.8) is 0 Å². The molecule has 2 heterocycles. The molecule has 192 valence electrons. The number of aryl methyl sites for hydroxylation is 2. The summed E-state index contributed by atoms with van der Waals surface area (Å²) in [6, 6.07) is 18.8. The molecule has 1 fully saturated rings. The van der Waals surface area contributed by atoms with Crippen LogP contribution in [-0.4, -0.2) is 36.7 Å². The number of piperidine rings is 1. The highest BCUT2D eigenvalue weighted by molar-refractivity contribution is 7.89. The fourth-order valence-corrected chi connectivity index (χ4v) is 7.15. The van der Waals surface area contributed by atoms with Crippen LogP contribution in [0.4, 0.5) is 9.52 Å². The lowest BCUT2D eigenvalue weighted by Gasteiger charge is -2.33. The van der Waals surface area contributed by atoms with Crippen LogP contribution < -0.4 is 4.90 Å². The second-order valence-corrected chi connectivity index (χ2v) is 12.3. The lowest BCUT2D eigenvalue weighted by Crippen LogP contribution is -2.44. The molecule has 1 aliphatic rings. The minimum absolute atomic E-state index is 0.0453. The second-order valence-electron chi connectivity index (χ2n) is 9.39. The van der Waals surface area contributed by atoms with Gasteiger partial charge in [0.2, 0.25) is 15.9 Å². The molecule has 0 spiro atoms. The average molecular weight is 538 g/mol. The maximum atomic E-state index is 13.9. The second kappa shape index (κ2) is 10.3. The summed E-state index contributed by atoms with van der Waals surface area (Å²) in [5, 5.41) is 0.652. The third-order valence-corrected chi connectivity index (χ3v) is 9.96. The van der Waals surface area contributed by atoms with E-state index in [1.165, 1.54) is 27.8 Å². The first-order valence-corrected chi connectivity index (χ1v) is 14.5. The minimum atomic E-state index is -3.74. The number of carbonyl (C=O) groups is 1. The molecule has 1 amide bonds. The van der Waals surface area contributed by atoms with Crippen LogP contribution in [-0.2, 0) is 21.4 Å². The van der Waals surface area contributed by atoms with E-state index in [0.29, 0.717) is 24.5 Å². The Bertz CT molecular complexity index is 1530. The first-order valence-electron chi connectivity index (χ1n) is 12.2. The van der Waals surface area contributed by atoms with E-state index in [2.05, 4.69) is 13.0 Å². The van der Waals surface area contributed by atoms with Crippen molar-refractivity contribution in [1.82, 2.24) is 9.29 Å². The molecule has 37 heavy (non-hydrogen) atoms. The smallest absolute Gasteiger partial charge is 0.243 e. The maximum absolute atomic E-state index is 13.9. The molecular formula is C28H28FN3O3S2. The molecule has 9 heteroatoms. The SMILES string of the molecule is Cc1ccc2sc(N(Cc3ccccc3)C(=O)C3CCN(S(=O)(=O)c4ccc(F)cc4)CC3)nc2c1C. The summed E-state index contributed by atoms with van der Waals surface area (Å²) in [5.41, 5.74) is 4.16. The van der Waals surface area contributed by atoms with Crippen LogP contribution in [0.1, 0.15) is 29.5 Å². The average Bonchev–Trinajstić information content (AvgIpc) is 3.35. The normalized spacial score (nSPS) is 15.2. The van der Waals surface area contributed by atoms with Crippen LogP contribution >= 0.6 is 11.3 Å². The Morgan fingerprint density at radius 3 is 2.38 bits per heavy atom. The first-order chi connectivity index (χ1) is 17.7. The molecule has 4 aromatic rings. The van der Waals surface area contributed by atoms with Gasteiger partial charge < -0.3 is 0 Å². The Kier molecular flexibility index (Phi) is 7.11. The Morgan fingerprint density at radius 2 is 1.70 bits per heavy atom. The molecule has 6 nitrogen and oxygen atoms in total. The topological polar surface area (TPSA) is 70.6 Å². The van der Waals surface area contributed by atoms with Gasteiger partial charge in [0.05, 0.1) is 21.7 Å². The van der Waals surface area contributed by atoms with Gasteiger partial charge in [-0.2, -0.15) is 4.31 Å². The highest BCUT2D eigenvalue weighted by atomic mass is 32.2. The van der Waals surface area contributed by atoms with Crippen molar-refractivity contribution in [3.05, 3.63) is 89.2 Å². The van der Waals surface area contributed by atoms with E-state index in [0.717, 1.165) is 39.0 Å². The monoisotopic (exact) mass is 537 g/mol. The van der Waals surface area contributed by atoms with E-state index in [4.69, 9.17) is 4.98 Å². The van der Waals surface area contributed by atoms with Crippen LogP contribution in [0.25, 0.3) is 10.2 Å². The molecule has 1 saturated heterocycles. The summed E-state index contributed by atoms with van der Waals surface area (Å²) in [4.78, 5) is 20.6. The summed E-state index contributed by atoms with van der Waals surface area (Å²) in [6.07, 6.45) is 0.821. The number of benzene rings is 3. The highest BCUT2D eigenvalue weighted by Crippen LogP contribution is 2.35. The number of halogens is 1. The fourth-order valence-electron chi connectivity index (χ4n) is 4.65. The van der Waals surface area contributed by atoms with Gasteiger partial charge in [0.15, 0.2) is 5.13 Å². The quantitative estimate of drug-likeness (QED) is 0.317. The number of carbonyl (C=O) groups excluding carboxylic acids is 1. The van der Waals surface area contributed by atoms with Crippen LogP contribution in [0, 0.1) is 25.6 Å². The number of aromatic nitrogens is 1. The standard InChI is InChI=1S/C28H28FN3O3S2/c1-19-8-13-25-26(20(19)2)30-28(36-25)32(18-21-6-4-3-5-7-21)27(33)22-14-16-31(17-15-22)37(34,35)24-11-9-23(29)10-12-24/h3-13,22H,14-18H2,1-2H3. The Hall–Kier alpha value is -3.14. The number of fused-ring (bicyclic) bond motifs is 1. The molecule has 1 aliphatic heterocycles. The number of hydrogen-bond acceptors (Lipinski definition) is 5. The lowest BCUT2D eigenvalue weighted by atomic mass is 9.96. The van der Waals surface area contributed by atoms with E-state index < -0.39 is 15.8 Å². The summed E-state index contributed by atoms with van der Waals surface area (Å²) >= 11 is 1.50. The number of hydrogen-bond donors (Lipinski definition) is 0. The van der Waals surface area contributed by atoms with Crippen molar-refractivity contribution in [2.24, 2.45) is 5.92 Å². The zero-order valence-corrected chi connectivity index (χ0v) is 22.4. The van der Waals surface area contributed by atoms with Gasteiger partial charge in [-0.25, -0.2) is 17.8 Å². The third kappa shape index (κ3) is 5.16. The number of rotatable bonds is 6. The molecule has 0 saturated carbocycles. The van der Waals surface area contributed by atoms with Crippen LogP contribution in [0.2, 0.25) is 0 Å². The zero-order chi connectivity index (χ0) is 26.2. The summed E-state index contributed by atoms with van der Waals surface area (Å²) in [5.74, 6) is -0.851. The summed E-state index contributed by atoms with van der Waals surface area (Å²) in [6.45, 7) is 4.95. The number of thiazole rings is 1. The molecule has 0 N–H and O–H groups in total. The Balaban J connectivity index is 1.39. The first kappa shape index (κ1) is 25.5. The van der Waals surface area contributed by atoms with Gasteiger partial charge in [-0.1, -0.05) is 47.7 Å². The van der Waals surface area contributed by atoms with Crippen molar-refractivity contribution in [2.75, 3.05) is 18.0 Å². The number of sulfonamides is 1. The Morgan fingerprint density at radius 1 is 1.03 bits per heavy atom. The molecule has 5 rings (SSSR count). The van der Waals surface area contributed by atoms with Crippen molar-refractivity contribution in [2.45, 2.75) is 38.1 Å². The number of amides is 1. The van der Waals surface area contributed by atoms with Gasteiger partial charge >= 0.3 is 0 Å². The van der Waals surface area contributed by atoms with Gasteiger partial charge in [0, 0.05) is 19.0 Å². The van der Waals surface area contributed by atoms with E-state index in [9.17, 15) is 17.6 Å². The predicted molar refractivity (Wildman–Crippen MR) is 145 cm³/mol. The van der Waals surface area contributed by atoms with E-state index >= 15 is 0 Å². The Labute approximate surface area is 220 Å².